The Morgan fingerprint density at radius 1 is 0.659 bits per heavy atom. The van der Waals surface area contributed by atoms with Crippen LogP contribution in [-0.4, -0.2) is 138 Å². The van der Waals surface area contributed by atoms with Crippen molar-refractivity contribution in [2.75, 3.05) is 68.4 Å². The number of carbonyl (C=O) groups excluding carboxylic acids is 8. The number of imide groups is 2. The highest BCUT2D eigenvalue weighted by Gasteiger charge is 2.46. The number of aryl methyl sites for hydroxylation is 1. The Kier molecular flexibility index (Phi) is 22.3. The number of rotatable bonds is 30. The van der Waals surface area contributed by atoms with Gasteiger partial charge in [-0.25, -0.2) is 4.79 Å². The largest absolute Gasteiger partial charge is 0.493 e. The van der Waals surface area contributed by atoms with Crippen LogP contribution < -0.4 is 49.1 Å². The van der Waals surface area contributed by atoms with Gasteiger partial charge in [-0.1, -0.05) is 62.9 Å². The maximum Gasteiger partial charge on any atom is 0.329 e. The summed E-state index contributed by atoms with van der Waals surface area (Å²) in [5, 5.41) is 7.92. The SMILES string of the molecule is CC[C@H](C(=O)N1CCCC[C@H]1C(=O)O[C@H](CCc1ccc(OC)c(OC)c1)c1ccccc1OCC(=O)NCCCCCCCCNC(=O)COc1cccc2c1C(=O)N(C1CCC(=O)NC1=O)C2=O)c1cc(OC)c(OC)c(OC)c1. The highest BCUT2D eigenvalue weighted by molar-refractivity contribution is 6.24. The molecular weight excluding hydrogens is 1060 g/mol. The van der Waals surface area contributed by atoms with Crippen LogP contribution in [0.2, 0.25) is 0 Å². The van der Waals surface area contributed by atoms with Gasteiger partial charge in [0.15, 0.2) is 36.2 Å². The number of fused-ring (bicyclic) bond motifs is 1. The molecule has 0 saturated carbocycles. The Morgan fingerprint density at radius 3 is 1.93 bits per heavy atom. The summed E-state index contributed by atoms with van der Waals surface area (Å²) in [4.78, 5) is 108. The molecule has 2 fully saturated rings. The lowest BCUT2D eigenvalue weighted by molar-refractivity contribution is -0.162. The van der Waals surface area contributed by atoms with Crippen LogP contribution >= 0.6 is 0 Å². The summed E-state index contributed by atoms with van der Waals surface area (Å²) in [6.45, 7) is 2.49. The average molecular weight is 1130 g/mol. The Morgan fingerprint density at radius 2 is 1.29 bits per heavy atom. The van der Waals surface area contributed by atoms with Crippen molar-refractivity contribution in [1.82, 2.24) is 25.8 Å². The van der Waals surface area contributed by atoms with Gasteiger partial charge in [0.1, 0.15) is 29.7 Å². The van der Waals surface area contributed by atoms with Crippen molar-refractivity contribution < 1.29 is 76.3 Å². The molecule has 82 heavy (non-hydrogen) atoms. The Balaban J connectivity index is 0.872. The van der Waals surface area contributed by atoms with Crippen LogP contribution in [0.4, 0.5) is 0 Å². The van der Waals surface area contributed by atoms with Gasteiger partial charge in [0.05, 0.1) is 52.6 Å². The fourth-order valence-electron chi connectivity index (χ4n) is 10.6. The fraction of sp³-hybridized carbons (Fsp3) is 0.475. The van der Waals surface area contributed by atoms with Gasteiger partial charge in [-0.3, -0.25) is 43.8 Å². The van der Waals surface area contributed by atoms with Gasteiger partial charge in [-0.15, -0.1) is 0 Å². The third-order valence-corrected chi connectivity index (χ3v) is 14.9. The zero-order valence-electron chi connectivity index (χ0n) is 47.6. The molecule has 0 radical (unpaired) electrons. The van der Waals surface area contributed by atoms with E-state index in [2.05, 4.69) is 16.0 Å². The normalized spacial score (nSPS) is 16.5. The molecule has 1 unspecified atom stereocenters. The van der Waals surface area contributed by atoms with Crippen LogP contribution in [-0.2, 0) is 39.9 Å². The van der Waals surface area contributed by atoms with Gasteiger partial charge in [0, 0.05) is 31.6 Å². The lowest BCUT2D eigenvalue weighted by atomic mass is 9.91. The molecule has 0 aliphatic carbocycles. The highest BCUT2D eigenvalue weighted by Crippen LogP contribution is 2.42. The summed E-state index contributed by atoms with van der Waals surface area (Å²) >= 11 is 0. The molecule has 440 valence electrons. The van der Waals surface area contributed by atoms with Crippen LogP contribution in [0.25, 0.3) is 0 Å². The third-order valence-electron chi connectivity index (χ3n) is 14.9. The number of para-hydroxylation sites is 1. The van der Waals surface area contributed by atoms with Crippen LogP contribution in [0.5, 0.6) is 40.2 Å². The Bertz CT molecular complexity index is 2920. The lowest BCUT2D eigenvalue weighted by Gasteiger charge is -2.37. The van der Waals surface area contributed by atoms with E-state index in [4.69, 9.17) is 37.9 Å². The van der Waals surface area contributed by atoms with E-state index in [1.54, 1.807) is 43.4 Å². The van der Waals surface area contributed by atoms with Crippen LogP contribution in [0.15, 0.2) is 72.8 Å². The molecule has 2 saturated heterocycles. The second-order valence-electron chi connectivity index (χ2n) is 20.2. The van der Waals surface area contributed by atoms with E-state index in [9.17, 15) is 38.4 Å². The molecule has 3 aliphatic rings. The van der Waals surface area contributed by atoms with Gasteiger partial charge in [0.2, 0.25) is 23.5 Å². The van der Waals surface area contributed by atoms with E-state index < -0.39 is 59.6 Å². The number of hydrogen-bond acceptors (Lipinski definition) is 16. The van der Waals surface area contributed by atoms with Gasteiger partial charge < -0.3 is 53.4 Å². The van der Waals surface area contributed by atoms with Crippen LogP contribution in [0.1, 0.15) is 140 Å². The molecule has 3 N–H and O–H groups in total. The van der Waals surface area contributed by atoms with Crippen LogP contribution in [0.3, 0.4) is 0 Å². The number of nitrogens with one attached hydrogen (secondary N) is 3. The zero-order valence-corrected chi connectivity index (χ0v) is 47.6. The number of ether oxygens (including phenoxy) is 8. The molecule has 21 heteroatoms. The van der Waals surface area contributed by atoms with Crippen LogP contribution in [0, 0.1) is 0 Å². The second-order valence-corrected chi connectivity index (χ2v) is 20.2. The van der Waals surface area contributed by atoms with Crippen molar-refractivity contribution >= 4 is 47.3 Å². The number of likely N-dealkylation sites (tertiary alicyclic amines) is 1. The molecule has 4 atom stereocenters. The summed E-state index contributed by atoms with van der Waals surface area (Å²) in [6, 6.07) is 18.8. The molecule has 7 rings (SSSR count). The third kappa shape index (κ3) is 15.1. The van der Waals surface area contributed by atoms with Crippen molar-refractivity contribution in [2.24, 2.45) is 0 Å². The maximum absolute atomic E-state index is 14.6. The first-order valence-electron chi connectivity index (χ1n) is 28.0. The van der Waals surface area contributed by atoms with Gasteiger partial charge in [0.25, 0.3) is 23.6 Å². The van der Waals surface area contributed by atoms with E-state index >= 15 is 0 Å². The summed E-state index contributed by atoms with van der Waals surface area (Å²) in [7, 11) is 7.69. The van der Waals surface area contributed by atoms with E-state index in [0.29, 0.717) is 90.9 Å². The number of nitrogens with zero attached hydrogens (tertiary/aromatic N) is 2. The number of esters is 1. The van der Waals surface area contributed by atoms with E-state index in [0.717, 1.165) is 61.8 Å². The first-order valence-corrected chi connectivity index (χ1v) is 28.0. The van der Waals surface area contributed by atoms with Crippen molar-refractivity contribution in [1.29, 1.82) is 0 Å². The summed E-state index contributed by atoms with van der Waals surface area (Å²) in [5.41, 5.74) is 2.19. The van der Waals surface area contributed by atoms with Crippen molar-refractivity contribution in [3.05, 3.63) is 101 Å². The number of amides is 7. The number of piperidine rings is 2. The molecule has 3 aliphatic heterocycles. The molecular formula is C61H75N5O16. The molecule has 0 spiro atoms. The summed E-state index contributed by atoms with van der Waals surface area (Å²) < 4.78 is 46.1. The average Bonchev–Trinajstić information content (AvgIpc) is 3.17. The number of hydrogen-bond donors (Lipinski definition) is 3. The minimum absolute atomic E-state index is 0.00191. The molecule has 0 bridgehead atoms. The lowest BCUT2D eigenvalue weighted by Crippen LogP contribution is -2.54. The van der Waals surface area contributed by atoms with Crippen molar-refractivity contribution in [2.45, 2.75) is 121 Å². The van der Waals surface area contributed by atoms with Gasteiger partial charge >= 0.3 is 5.97 Å². The van der Waals surface area contributed by atoms with Gasteiger partial charge in [-0.2, -0.15) is 0 Å². The molecule has 4 aromatic rings. The maximum atomic E-state index is 14.6. The fourth-order valence-corrected chi connectivity index (χ4v) is 10.6. The number of unbranched alkanes of at least 4 members (excludes halogenated alkanes) is 5. The quantitative estimate of drug-likeness (QED) is 0.0271. The highest BCUT2D eigenvalue weighted by atomic mass is 16.6. The summed E-state index contributed by atoms with van der Waals surface area (Å²) in [5.74, 6) is -1.83. The second kappa shape index (κ2) is 29.9. The molecule has 4 aromatic carbocycles. The zero-order chi connectivity index (χ0) is 58.7. The van der Waals surface area contributed by atoms with E-state index in [-0.39, 0.29) is 54.7 Å². The monoisotopic (exact) mass is 1130 g/mol. The number of benzene rings is 4. The smallest absolute Gasteiger partial charge is 0.329 e. The molecule has 7 amide bonds. The van der Waals surface area contributed by atoms with E-state index in [1.807, 2.05) is 37.3 Å². The standard InChI is InChI=1S/C61H75N5O16/c1-7-40(39-34-50(77-4)56(79-6)51(35-39)78-5)58(71)65-32-17-14-21-44(65)61(74)82-46(27-24-38-25-28-47(75-2)49(33-38)76-3)41-19-12-13-22-45(41)80-36-53(68)62-30-15-10-8-9-11-16-31-63-54(69)37-81-48-23-18-20-42-55(48)60(73)66(59(42)72)43-26-29-52(67)64-57(43)70/h12-13,18-20,22-23,25,28,33-35,40,43-44,46H,7-11,14-17,21,24,26-27,29-32,36-37H2,1-6H3,(H,62,68)(H,63,69)(H,64,67,70)/t40-,43?,44-,46+/m0/s1. The minimum atomic E-state index is -1.12. The Labute approximate surface area is 477 Å². The molecule has 21 nitrogen and oxygen atoms in total. The molecule has 3 heterocycles. The predicted octanol–water partition coefficient (Wildman–Crippen LogP) is 6.95. The predicted molar refractivity (Wildman–Crippen MR) is 299 cm³/mol. The van der Waals surface area contributed by atoms with Gasteiger partial charge in [-0.05, 0) is 111 Å². The number of methoxy groups -OCH3 is 5. The molecule has 0 aromatic heterocycles. The van der Waals surface area contributed by atoms with E-state index in [1.165, 1.54) is 39.5 Å². The Hall–Kier alpha value is -8.36. The first-order chi connectivity index (χ1) is 39.7. The summed E-state index contributed by atoms with van der Waals surface area (Å²) in [6.07, 6.45) is 7.35. The van der Waals surface area contributed by atoms with Crippen molar-refractivity contribution in [3.63, 3.8) is 0 Å². The topological polar surface area (TPSA) is 253 Å². The van der Waals surface area contributed by atoms with Crippen molar-refractivity contribution in [3.8, 4) is 40.2 Å². The minimum Gasteiger partial charge on any atom is -0.493 e. The first kappa shape index (κ1) is 61.3. The number of carbonyl (C=O) groups is 8.